The van der Waals surface area contributed by atoms with Crippen LogP contribution in [0.15, 0.2) is 47.4 Å². The van der Waals surface area contributed by atoms with E-state index < -0.39 is 24.0 Å². The van der Waals surface area contributed by atoms with Crippen LogP contribution in [-0.2, 0) is 11.3 Å². The molecular formula is C18H18N2O5. The van der Waals surface area contributed by atoms with Crippen molar-refractivity contribution in [2.45, 2.75) is 25.4 Å². The van der Waals surface area contributed by atoms with E-state index in [0.29, 0.717) is 13.0 Å². The number of fused-ring (bicyclic) bond motifs is 1. The molecule has 2 N–H and O–H groups in total. The molecule has 0 fully saturated rings. The standard InChI is InChI=1S/C18H18N2O5/c21-16(22)11-20-9-3-6-13(18(20)24)17(23)19-14-7-4-10-25-15-8-2-1-5-12(14)15/h1-3,5-6,8-9,14H,4,7,10-11H2,(H,19,23)(H,21,22). The van der Waals surface area contributed by atoms with E-state index in [2.05, 4.69) is 5.32 Å². The molecule has 1 aliphatic heterocycles. The minimum absolute atomic E-state index is 0.0774. The Morgan fingerprint density at radius 1 is 1.24 bits per heavy atom. The van der Waals surface area contributed by atoms with Crippen LogP contribution in [-0.4, -0.2) is 28.2 Å². The molecule has 3 rings (SSSR count). The van der Waals surface area contributed by atoms with Crippen molar-refractivity contribution in [3.63, 3.8) is 0 Å². The highest BCUT2D eigenvalue weighted by Gasteiger charge is 2.23. The summed E-state index contributed by atoms with van der Waals surface area (Å²) in [5.41, 5.74) is 0.169. The van der Waals surface area contributed by atoms with Gasteiger partial charge in [-0.3, -0.25) is 14.4 Å². The number of aliphatic carboxylic acids is 1. The fourth-order valence-electron chi connectivity index (χ4n) is 2.89. The summed E-state index contributed by atoms with van der Waals surface area (Å²) in [5, 5.41) is 11.7. The Balaban J connectivity index is 1.86. The fourth-order valence-corrected chi connectivity index (χ4v) is 2.89. The van der Waals surface area contributed by atoms with E-state index in [9.17, 15) is 14.4 Å². The van der Waals surface area contributed by atoms with Crippen molar-refractivity contribution in [1.82, 2.24) is 9.88 Å². The van der Waals surface area contributed by atoms with E-state index in [0.717, 1.165) is 22.3 Å². The average molecular weight is 342 g/mol. The van der Waals surface area contributed by atoms with Crippen molar-refractivity contribution >= 4 is 11.9 Å². The summed E-state index contributed by atoms with van der Waals surface area (Å²) in [4.78, 5) is 35.7. The summed E-state index contributed by atoms with van der Waals surface area (Å²) in [7, 11) is 0. The number of pyridine rings is 1. The molecule has 1 unspecified atom stereocenters. The first-order valence-electron chi connectivity index (χ1n) is 8.00. The van der Waals surface area contributed by atoms with Gasteiger partial charge in [0.1, 0.15) is 17.9 Å². The zero-order valence-electron chi connectivity index (χ0n) is 13.5. The molecule has 1 aliphatic rings. The molecule has 0 aliphatic carbocycles. The minimum atomic E-state index is -1.14. The van der Waals surface area contributed by atoms with Gasteiger partial charge in [0, 0.05) is 11.8 Å². The first-order valence-corrected chi connectivity index (χ1v) is 8.00. The van der Waals surface area contributed by atoms with Gasteiger partial charge in [0.05, 0.1) is 12.6 Å². The molecule has 25 heavy (non-hydrogen) atoms. The first kappa shape index (κ1) is 16.8. The molecule has 7 nitrogen and oxygen atoms in total. The van der Waals surface area contributed by atoms with Gasteiger partial charge in [-0.1, -0.05) is 18.2 Å². The Morgan fingerprint density at radius 3 is 2.84 bits per heavy atom. The molecule has 130 valence electrons. The topological polar surface area (TPSA) is 97.6 Å². The Labute approximate surface area is 143 Å². The number of carbonyl (C=O) groups excluding carboxylic acids is 1. The number of nitrogens with zero attached hydrogens (tertiary/aromatic N) is 1. The summed E-state index contributed by atoms with van der Waals surface area (Å²) in [6, 6.07) is 10.1. The van der Waals surface area contributed by atoms with Gasteiger partial charge in [-0.2, -0.15) is 0 Å². The number of benzene rings is 1. The van der Waals surface area contributed by atoms with Gasteiger partial charge in [0.15, 0.2) is 0 Å². The van der Waals surface area contributed by atoms with E-state index in [1.807, 2.05) is 24.3 Å². The van der Waals surface area contributed by atoms with Crippen LogP contribution in [0.25, 0.3) is 0 Å². The Morgan fingerprint density at radius 2 is 2.04 bits per heavy atom. The van der Waals surface area contributed by atoms with Gasteiger partial charge in [0.25, 0.3) is 11.5 Å². The summed E-state index contributed by atoms with van der Waals surface area (Å²) < 4.78 is 6.67. The van der Waals surface area contributed by atoms with Crippen LogP contribution in [0.1, 0.15) is 34.8 Å². The SMILES string of the molecule is O=C(O)Cn1cccc(C(=O)NC2CCCOc3ccccc32)c1=O. The lowest BCUT2D eigenvalue weighted by atomic mass is 10.0. The van der Waals surface area contributed by atoms with Crippen LogP contribution in [0.4, 0.5) is 0 Å². The van der Waals surface area contributed by atoms with Crippen molar-refractivity contribution in [2.75, 3.05) is 6.61 Å². The zero-order valence-corrected chi connectivity index (χ0v) is 13.5. The zero-order chi connectivity index (χ0) is 17.8. The fraction of sp³-hybridized carbons (Fsp3) is 0.278. The molecule has 0 saturated heterocycles. The molecule has 1 aromatic heterocycles. The van der Waals surface area contributed by atoms with Crippen LogP contribution in [0.2, 0.25) is 0 Å². The number of hydrogen-bond acceptors (Lipinski definition) is 4. The van der Waals surface area contributed by atoms with E-state index in [1.54, 1.807) is 0 Å². The van der Waals surface area contributed by atoms with Crippen molar-refractivity contribution in [1.29, 1.82) is 0 Å². The number of rotatable bonds is 4. The molecule has 1 atom stereocenters. The van der Waals surface area contributed by atoms with Gasteiger partial charge in [0.2, 0.25) is 0 Å². The van der Waals surface area contributed by atoms with Gasteiger partial charge in [-0.15, -0.1) is 0 Å². The smallest absolute Gasteiger partial charge is 0.323 e. The Bertz CT molecular complexity index is 859. The third-order valence-electron chi connectivity index (χ3n) is 4.06. The average Bonchev–Trinajstić information content (AvgIpc) is 2.79. The molecule has 0 saturated carbocycles. The highest BCUT2D eigenvalue weighted by molar-refractivity contribution is 5.94. The number of carboxylic acids is 1. The van der Waals surface area contributed by atoms with Crippen LogP contribution >= 0.6 is 0 Å². The number of carboxylic acid groups (broad SMARTS) is 1. The number of para-hydroxylation sites is 1. The maximum absolute atomic E-state index is 12.6. The largest absolute Gasteiger partial charge is 0.493 e. The quantitative estimate of drug-likeness (QED) is 0.879. The number of ether oxygens (including phenoxy) is 1. The van der Waals surface area contributed by atoms with Crippen LogP contribution in [0.3, 0.4) is 0 Å². The van der Waals surface area contributed by atoms with Crippen molar-refractivity contribution < 1.29 is 19.4 Å². The summed E-state index contributed by atoms with van der Waals surface area (Å²) >= 11 is 0. The lowest BCUT2D eigenvalue weighted by Gasteiger charge is -2.18. The molecular weight excluding hydrogens is 324 g/mol. The molecule has 0 spiro atoms. The second-order valence-corrected chi connectivity index (χ2v) is 5.80. The Kier molecular flexibility index (Phi) is 4.83. The lowest BCUT2D eigenvalue weighted by Crippen LogP contribution is -2.35. The third kappa shape index (κ3) is 3.71. The third-order valence-corrected chi connectivity index (χ3v) is 4.06. The molecule has 0 radical (unpaired) electrons. The molecule has 1 amide bonds. The monoisotopic (exact) mass is 342 g/mol. The minimum Gasteiger partial charge on any atom is -0.493 e. The number of aromatic nitrogens is 1. The molecule has 1 aromatic carbocycles. The predicted molar refractivity (Wildman–Crippen MR) is 89.7 cm³/mol. The molecule has 0 bridgehead atoms. The maximum Gasteiger partial charge on any atom is 0.323 e. The van der Waals surface area contributed by atoms with E-state index >= 15 is 0 Å². The van der Waals surface area contributed by atoms with E-state index in [-0.39, 0.29) is 11.6 Å². The van der Waals surface area contributed by atoms with Crippen molar-refractivity contribution in [2.24, 2.45) is 0 Å². The molecule has 2 heterocycles. The van der Waals surface area contributed by atoms with Crippen LogP contribution in [0.5, 0.6) is 5.75 Å². The first-order chi connectivity index (χ1) is 12.1. The van der Waals surface area contributed by atoms with Crippen molar-refractivity contribution in [3.8, 4) is 5.75 Å². The summed E-state index contributed by atoms with van der Waals surface area (Å²) in [6.07, 6.45) is 2.82. The Hall–Kier alpha value is -3.09. The lowest BCUT2D eigenvalue weighted by molar-refractivity contribution is -0.137. The van der Waals surface area contributed by atoms with Gasteiger partial charge >= 0.3 is 5.97 Å². The number of amides is 1. The summed E-state index contributed by atoms with van der Waals surface area (Å²) in [5.74, 6) is -0.942. The molecule has 2 aromatic rings. The second kappa shape index (κ2) is 7.21. The highest BCUT2D eigenvalue weighted by Crippen LogP contribution is 2.31. The second-order valence-electron chi connectivity index (χ2n) is 5.80. The molecule has 7 heteroatoms. The van der Waals surface area contributed by atoms with E-state index in [1.165, 1.54) is 18.3 Å². The van der Waals surface area contributed by atoms with Gasteiger partial charge in [-0.25, -0.2) is 0 Å². The van der Waals surface area contributed by atoms with Crippen LogP contribution < -0.4 is 15.6 Å². The highest BCUT2D eigenvalue weighted by atomic mass is 16.5. The van der Waals surface area contributed by atoms with Crippen molar-refractivity contribution in [3.05, 3.63) is 64.1 Å². The van der Waals surface area contributed by atoms with Gasteiger partial charge in [-0.05, 0) is 31.0 Å². The predicted octanol–water partition coefficient (Wildman–Crippen LogP) is 1.58. The van der Waals surface area contributed by atoms with E-state index in [4.69, 9.17) is 9.84 Å². The summed E-state index contributed by atoms with van der Waals surface area (Å²) in [6.45, 7) is 0.0835. The maximum atomic E-state index is 12.6. The number of nitrogens with one attached hydrogen (secondary N) is 1. The number of carbonyl (C=O) groups is 2. The normalized spacial score (nSPS) is 16.2. The number of hydrogen-bond donors (Lipinski definition) is 2. The van der Waals surface area contributed by atoms with Crippen LogP contribution in [0, 0.1) is 0 Å². The van der Waals surface area contributed by atoms with Gasteiger partial charge < -0.3 is 19.7 Å².